The second-order valence-corrected chi connectivity index (χ2v) is 16.2. The normalized spacial score (nSPS) is 21.3. The highest BCUT2D eigenvalue weighted by Crippen LogP contribution is 2.41. The van der Waals surface area contributed by atoms with Crippen molar-refractivity contribution in [2.24, 2.45) is 10.8 Å². The number of carbonyl (C=O) groups is 3. The molecule has 4 N–H and O–H groups in total. The molecule has 0 spiro atoms. The van der Waals surface area contributed by atoms with Crippen LogP contribution in [0.25, 0.3) is 0 Å². The van der Waals surface area contributed by atoms with Crippen LogP contribution in [0.15, 0.2) is 117 Å². The number of carbonyl (C=O) groups excluding carboxylic acids is 3. The van der Waals surface area contributed by atoms with Gasteiger partial charge in [0.05, 0.1) is 0 Å². The summed E-state index contributed by atoms with van der Waals surface area (Å²) in [6.07, 6.45) is 23.9. The van der Waals surface area contributed by atoms with E-state index < -0.39 is 42.8 Å². The maximum Gasteiger partial charge on any atom is 0.331 e. The number of nitrogens with one attached hydrogen (secondary N) is 1. The highest BCUT2D eigenvalue weighted by atomic mass is 16.5. The summed E-state index contributed by atoms with van der Waals surface area (Å²) >= 11 is 0. The molecule has 2 aliphatic carbocycles. The van der Waals surface area contributed by atoms with Gasteiger partial charge in [0.2, 0.25) is 5.91 Å². The average Bonchev–Trinajstić information content (AvgIpc) is 3.07. The molecule has 0 saturated carbocycles. The molecule has 8 nitrogen and oxygen atoms in total. The van der Waals surface area contributed by atoms with Crippen molar-refractivity contribution in [3.8, 4) is 0 Å². The van der Waals surface area contributed by atoms with E-state index in [0.717, 1.165) is 24.0 Å². The van der Waals surface area contributed by atoms with Gasteiger partial charge < -0.3 is 30.2 Å². The Bertz CT molecular complexity index is 1650. The van der Waals surface area contributed by atoms with Gasteiger partial charge in [-0.2, -0.15) is 0 Å². The van der Waals surface area contributed by atoms with E-state index in [1.807, 2.05) is 38.2 Å². The summed E-state index contributed by atoms with van der Waals surface area (Å²) in [5.74, 6) is -1.42. The van der Waals surface area contributed by atoms with Crippen LogP contribution in [0.1, 0.15) is 108 Å². The summed E-state index contributed by atoms with van der Waals surface area (Å²) in [6, 6.07) is -1.52. The monoisotopic (exact) mass is 743 g/mol. The topological polar surface area (TPSA) is 133 Å². The lowest BCUT2D eigenvalue weighted by Crippen LogP contribution is -2.53. The molecule has 0 aromatic carbocycles. The fourth-order valence-electron chi connectivity index (χ4n) is 6.91. The van der Waals surface area contributed by atoms with E-state index in [1.54, 1.807) is 26.0 Å². The van der Waals surface area contributed by atoms with Gasteiger partial charge in [0.1, 0.15) is 37.2 Å². The Balaban J connectivity index is 1.88. The lowest BCUT2D eigenvalue weighted by molar-refractivity contribution is -0.147. The molecule has 0 heterocycles. The summed E-state index contributed by atoms with van der Waals surface area (Å²) in [5, 5.41) is 33.7. The zero-order chi connectivity index (χ0) is 40.6. The predicted octanol–water partition coefficient (Wildman–Crippen LogP) is 8.36. The zero-order valence-electron chi connectivity index (χ0n) is 34.2. The summed E-state index contributed by atoms with van der Waals surface area (Å²) in [5.41, 5.74) is 9.24. The maximum atomic E-state index is 12.6. The van der Waals surface area contributed by atoms with Gasteiger partial charge in [0.25, 0.3) is 0 Å². The molecule has 1 amide bonds. The van der Waals surface area contributed by atoms with Gasteiger partial charge in [0.15, 0.2) is 0 Å². The lowest BCUT2D eigenvalue weighted by Gasteiger charge is -2.33. The van der Waals surface area contributed by atoms with Crippen LogP contribution in [0.2, 0.25) is 0 Å². The molecule has 0 fully saturated rings. The van der Waals surface area contributed by atoms with Crippen LogP contribution in [0.3, 0.4) is 0 Å². The zero-order valence-corrected chi connectivity index (χ0v) is 34.2. The molecule has 296 valence electrons. The van der Waals surface area contributed by atoms with Crippen LogP contribution < -0.4 is 5.32 Å². The third-order valence-corrected chi connectivity index (χ3v) is 10.2. The van der Waals surface area contributed by atoms with Gasteiger partial charge in [-0.05, 0) is 113 Å². The smallest absolute Gasteiger partial charge is 0.331 e. The summed E-state index contributed by atoms with van der Waals surface area (Å²) in [6.45, 7) is 20.3. The first-order valence-electron chi connectivity index (χ1n) is 19.1. The second-order valence-electron chi connectivity index (χ2n) is 16.2. The van der Waals surface area contributed by atoms with E-state index in [4.69, 9.17) is 4.74 Å². The molecule has 54 heavy (non-hydrogen) atoms. The Morgan fingerprint density at radius 3 is 1.63 bits per heavy atom. The minimum atomic E-state index is -1.89. The molecule has 4 atom stereocenters. The van der Waals surface area contributed by atoms with Crippen LogP contribution in [0.5, 0.6) is 0 Å². The Hall–Kier alpha value is -4.11. The average molecular weight is 744 g/mol. The van der Waals surface area contributed by atoms with Gasteiger partial charge in [-0.1, -0.05) is 111 Å². The molecule has 0 aliphatic heterocycles. The van der Waals surface area contributed by atoms with Crippen molar-refractivity contribution < 1.29 is 34.4 Å². The molecule has 2 aliphatic rings. The van der Waals surface area contributed by atoms with Crippen molar-refractivity contribution in [2.75, 3.05) is 6.61 Å². The third-order valence-electron chi connectivity index (χ3n) is 10.2. The Kier molecular flexibility index (Phi) is 18.5. The summed E-state index contributed by atoms with van der Waals surface area (Å²) in [4.78, 5) is 36.7. The van der Waals surface area contributed by atoms with E-state index in [0.29, 0.717) is 11.1 Å². The van der Waals surface area contributed by atoms with Crippen LogP contribution in [-0.2, 0) is 19.1 Å². The quantitative estimate of drug-likeness (QED) is 0.0510. The number of aliphatic hydroxyl groups is 3. The highest BCUT2D eigenvalue weighted by Gasteiger charge is 2.33. The molecule has 0 radical (unpaired) electrons. The van der Waals surface area contributed by atoms with Crippen molar-refractivity contribution in [1.29, 1.82) is 0 Å². The van der Waals surface area contributed by atoms with Gasteiger partial charge in [-0.25, -0.2) is 4.79 Å². The maximum absolute atomic E-state index is 12.6. The van der Waals surface area contributed by atoms with E-state index in [9.17, 15) is 29.7 Å². The van der Waals surface area contributed by atoms with Crippen molar-refractivity contribution >= 4 is 18.2 Å². The number of hydrogen-bond donors (Lipinski definition) is 4. The number of aldehydes is 1. The van der Waals surface area contributed by atoms with Gasteiger partial charge >= 0.3 is 5.97 Å². The molecule has 0 unspecified atom stereocenters. The van der Waals surface area contributed by atoms with Crippen molar-refractivity contribution in [3.05, 3.63) is 117 Å². The van der Waals surface area contributed by atoms with E-state index in [1.165, 1.54) is 60.1 Å². The highest BCUT2D eigenvalue weighted by molar-refractivity contribution is 5.90. The van der Waals surface area contributed by atoms with E-state index in [2.05, 4.69) is 71.2 Å². The summed E-state index contributed by atoms with van der Waals surface area (Å²) < 4.78 is 5.06. The lowest BCUT2D eigenvalue weighted by atomic mass is 9.72. The van der Waals surface area contributed by atoms with Crippen LogP contribution in [0.4, 0.5) is 0 Å². The Labute approximate surface area is 324 Å². The number of aliphatic hydroxyl groups excluding tert-OH is 3. The van der Waals surface area contributed by atoms with Crippen molar-refractivity contribution in [1.82, 2.24) is 5.32 Å². The van der Waals surface area contributed by atoms with Gasteiger partial charge in [0, 0.05) is 12.2 Å². The number of esters is 1. The third kappa shape index (κ3) is 15.3. The Morgan fingerprint density at radius 2 is 1.19 bits per heavy atom. The first kappa shape index (κ1) is 46.0. The van der Waals surface area contributed by atoms with E-state index >= 15 is 0 Å². The Morgan fingerprint density at radius 1 is 0.722 bits per heavy atom. The molecule has 0 aromatic heterocycles. The minimum absolute atomic E-state index is 0.157. The molecule has 0 bridgehead atoms. The number of allylic oxidation sites excluding steroid dienone is 18. The van der Waals surface area contributed by atoms with Crippen LogP contribution >= 0.6 is 0 Å². The van der Waals surface area contributed by atoms with Crippen molar-refractivity contribution in [2.45, 2.75) is 132 Å². The van der Waals surface area contributed by atoms with Crippen molar-refractivity contribution in [3.63, 3.8) is 0 Å². The van der Waals surface area contributed by atoms with Crippen LogP contribution in [-0.4, -0.2) is 64.4 Å². The van der Waals surface area contributed by atoms with E-state index in [-0.39, 0.29) is 17.1 Å². The summed E-state index contributed by atoms with van der Waals surface area (Å²) in [7, 11) is 0. The fraction of sp³-hybridized carbons (Fsp3) is 0.500. The fourth-order valence-corrected chi connectivity index (χ4v) is 6.91. The molecule has 8 heteroatoms. The molecule has 0 aromatic rings. The largest absolute Gasteiger partial charge is 0.460 e. The standard InChI is InChI=1S/C46H65NO7/c1-31(21-23-37-35(5)19-13-25-45(37,7)8)15-11-17-33(3)27-41(50)47-39(29-48)43(52)44(53)40(49)30-54-42(51)28-34(4)18-12-16-32(2)22-24-38-36(6)20-14-26-46(38,9)10/h11-12,15-18,21-24,27-29,39-40,43-44,49,52-53H,13-14,19-20,25-26,30H2,1-10H3,(H,47,50)/t39-,40+,43+,44+/m0/s1. The molecular weight excluding hydrogens is 679 g/mol. The first-order valence-corrected chi connectivity index (χ1v) is 19.1. The first-order chi connectivity index (χ1) is 25.3. The number of amides is 1. The van der Waals surface area contributed by atoms with Crippen LogP contribution in [0, 0.1) is 10.8 Å². The van der Waals surface area contributed by atoms with Gasteiger partial charge in [-0.3, -0.25) is 4.79 Å². The molecule has 2 rings (SSSR count). The SMILES string of the molecule is CC(C=CC1=C(C)CCCC1(C)C)=CC=CC(C)=CC(=O)N[C@@H](C=O)[C@@H](O)[C@H](O)[C@H](O)COC(=O)C=C(C)C=CC=C(C)C=CC1=C(C)CCCC1(C)C. The predicted molar refractivity (Wildman–Crippen MR) is 219 cm³/mol. The number of hydrogen-bond acceptors (Lipinski definition) is 7. The second kappa shape index (κ2) is 21.7. The number of rotatable bonds is 17. The minimum Gasteiger partial charge on any atom is -0.460 e. The molecular formula is C46H65NO7. The molecule has 0 saturated heterocycles. The number of ether oxygens (including phenoxy) is 1. The van der Waals surface area contributed by atoms with Gasteiger partial charge in [-0.15, -0.1) is 0 Å².